The average Bonchev–Trinajstić information content (AvgIpc) is 2.95. The van der Waals surface area contributed by atoms with E-state index in [2.05, 4.69) is 18.4 Å². The number of hydrogen-bond donors (Lipinski definition) is 0. The van der Waals surface area contributed by atoms with E-state index in [0.717, 1.165) is 28.1 Å². The molecule has 5 nitrogen and oxygen atoms in total. The van der Waals surface area contributed by atoms with Gasteiger partial charge >= 0.3 is 0 Å². The first-order valence-electron chi connectivity index (χ1n) is 9.64. The van der Waals surface area contributed by atoms with Crippen LogP contribution in [0.15, 0.2) is 30.3 Å². The number of hydrogen-bond acceptors (Lipinski definition) is 2. The van der Waals surface area contributed by atoms with Crippen LogP contribution in [0.5, 0.6) is 0 Å². The molecule has 1 aromatic heterocycles. The molecule has 0 spiro atoms. The monoisotopic (exact) mass is 367 g/mol. The SMILES string of the molecule is Cc1ccccc1C(=O)N1CCN(C(=O)c2cc(C)n(C(C)C)c2C)CC1. The fraction of sp³-hybridized carbons (Fsp3) is 0.455. The van der Waals surface area contributed by atoms with Crippen LogP contribution in [0.4, 0.5) is 0 Å². The summed E-state index contributed by atoms with van der Waals surface area (Å²) in [4.78, 5) is 29.5. The Bertz CT molecular complexity index is 858. The number of aryl methyl sites for hydroxylation is 2. The van der Waals surface area contributed by atoms with Crippen LogP contribution in [0.25, 0.3) is 0 Å². The lowest BCUT2D eigenvalue weighted by molar-refractivity contribution is 0.0534. The highest BCUT2D eigenvalue weighted by molar-refractivity contribution is 5.97. The Labute approximate surface area is 161 Å². The van der Waals surface area contributed by atoms with Crippen LogP contribution in [-0.4, -0.2) is 52.4 Å². The molecule has 0 bridgehead atoms. The fourth-order valence-corrected chi connectivity index (χ4v) is 4.05. The Morgan fingerprint density at radius 2 is 1.37 bits per heavy atom. The minimum atomic E-state index is 0.0539. The summed E-state index contributed by atoms with van der Waals surface area (Å²) in [7, 11) is 0. The van der Waals surface area contributed by atoms with Gasteiger partial charge in [0.25, 0.3) is 11.8 Å². The topological polar surface area (TPSA) is 45.6 Å². The molecule has 1 aliphatic heterocycles. The van der Waals surface area contributed by atoms with Gasteiger partial charge in [0, 0.05) is 49.2 Å². The Kier molecular flexibility index (Phi) is 5.40. The van der Waals surface area contributed by atoms with Gasteiger partial charge in [0.2, 0.25) is 0 Å². The van der Waals surface area contributed by atoms with Gasteiger partial charge in [0.05, 0.1) is 5.56 Å². The van der Waals surface area contributed by atoms with Crippen LogP contribution in [0, 0.1) is 20.8 Å². The molecule has 3 rings (SSSR count). The molecule has 1 aliphatic rings. The van der Waals surface area contributed by atoms with Gasteiger partial charge in [0.1, 0.15) is 0 Å². The minimum absolute atomic E-state index is 0.0539. The molecule has 1 aromatic carbocycles. The van der Waals surface area contributed by atoms with Gasteiger partial charge in [-0.1, -0.05) is 18.2 Å². The first-order chi connectivity index (χ1) is 12.8. The predicted molar refractivity (Wildman–Crippen MR) is 107 cm³/mol. The fourth-order valence-electron chi connectivity index (χ4n) is 4.05. The summed E-state index contributed by atoms with van der Waals surface area (Å²) in [5.41, 5.74) is 4.64. The van der Waals surface area contributed by atoms with E-state index >= 15 is 0 Å². The molecule has 1 fully saturated rings. The normalized spacial score (nSPS) is 14.7. The second-order valence-electron chi connectivity index (χ2n) is 7.65. The van der Waals surface area contributed by atoms with E-state index in [1.54, 1.807) is 0 Å². The average molecular weight is 367 g/mol. The third-order valence-electron chi connectivity index (χ3n) is 5.46. The van der Waals surface area contributed by atoms with E-state index in [1.165, 1.54) is 0 Å². The smallest absolute Gasteiger partial charge is 0.255 e. The quantitative estimate of drug-likeness (QED) is 0.832. The molecule has 0 saturated carbocycles. The van der Waals surface area contributed by atoms with E-state index < -0.39 is 0 Å². The van der Waals surface area contributed by atoms with Gasteiger partial charge in [-0.25, -0.2) is 0 Å². The third kappa shape index (κ3) is 3.64. The van der Waals surface area contributed by atoms with E-state index in [4.69, 9.17) is 0 Å². The summed E-state index contributed by atoms with van der Waals surface area (Å²) in [5.74, 6) is 0.121. The number of carbonyl (C=O) groups is 2. The number of carbonyl (C=O) groups excluding carboxylic acids is 2. The van der Waals surface area contributed by atoms with Gasteiger partial charge in [-0.05, 0) is 52.3 Å². The molecule has 0 N–H and O–H groups in total. The lowest BCUT2D eigenvalue weighted by Crippen LogP contribution is -2.50. The molecule has 0 radical (unpaired) electrons. The van der Waals surface area contributed by atoms with Crippen molar-refractivity contribution in [3.05, 3.63) is 58.4 Å². The number of piperazine rings is 1. The van der Waals surface area contributed by atoms with Gasteiger partial charge in [-0.3, -0.25) is 9.59 Å². The summed E-state index contributed by atoms with van der Waals surface area (Å²) < 4.78 is 2.20. The van der Waals surface area contributed by atoms with Crippen molar-refractivity contribution in [3.8, 4) is 0 Å². The highest BCUT2D eigenvalue weighted by Crippen LogP contribution is 2.22. The molecule has 1 saturated heterocycles. The zero-order chi connectivity index (χ0) is 19.7. The summed E-state index contributed by atoms with van der Waals surface area (Å²) in [6.45, 7) is 12.6. The lowest BCUT2D eigenvalue weighted by Gasteiger charge is -2.35. The molecule has 5 heteroatoms. The standard InChI is InChI=1S/C22H29N3O2/c1-15(2)25-17(4)14-20(18(25)5)22(27)24-12-10-23(11-13-24)21(26)19-9-7-6-8-16(19)3/h6-9,14-15H,10-13H2,1-5H3. The van der Waals surface area contributed by atoms with Crippen molar-refractivity contribution in [1.29, 1.82) is 0 Å². The molecule has 2 aromatic rings. The Morgan fingerprint density at radius 1 is 0.852 bits per heavy atom. The van der Waals surface area contributed by atoms with Gasteiger partial charge in [-0.15, -0.1) is 0 Å². The summed E-state index contributed by atoms with van der Waals surface area (Å²) >= 11 is 0. The molecule has 0 atom stereocenters. The molecular formula is C22H29N3O2. The molecule has 2 amide bonds. The molecular weight excluding hydrogens is 338 g/mol. The van der Waals surface area contributed by atoms with Crippen molar-refractivity contribution in [1.82, 2.24) is 14.4 Å². The van der Waals surface area contributed by atoms with Gasteiger partial charge in [-0.2, -0.15) is 0 Å². The minimum Gasteiger partial charge on any atom is -0.346 e. The summed E-state index contributed by atoms with van der Waals surface area (Å²) in [6, 6.07) is 9.98. The first kappa shape index (κ1) is 19.2. The zero-order valence-corrected chi connectivity index (χ0v) is 17.0. The molecule has 0 unspecified atom stereocenters. The maximum absolute atomic E-state index is 13.0. The lowest BCUT2D eigenvalue weighted by atomic mass is 10.1. The van der Waals surface area contributed by atoms with Crippen LogP contribution in [0.3, 0.4) is 0 Å². The number of aromatic nitrogens is 1. The van der Waals surface area contributed by atoms with Crippen molar-refractivity contribution in [2.45, 2.75) is 40.7 Å². The Hall–Kier alpha value is -2.56. The second kappa shape index (κ2) is 7.59. The first-order valence-corrected chi connectivity index (χ1v) is 9.64. The van der Waals surface area contributed by atoms with Gasteiger partial charge in [0.15, 0.2) is 0 Å². The Morgan fingerprint density at radius 3 is 1.85 bits per heavy atom. The third-order valence-corrected chi connectivity index (χ3v) is 5.46. The summed E-state index contributed by atoms with van der Waals surface area (Å²) in [6.07, 6.45) is 0. The van der Waals surface area contributed by atoms with Crippen molar-refractivity contribution in [2.24, 2.45) is 0 Å². The van der Waals surface area contributed by atoms with Crippen molar-refractivity contribution >= 4 is 11.8 Å². The van der Waals surface area contributed by atoms with Crippen LogP contribution in [0.1, 0.15) is 57.6 Å². The predicted octanol–water partition coefficient (Wildman–Crippen LogP) is 3.59. The molecule has 2 heterocycles. The van der Waals surface area contributed by atoms with E-state index in [-0.39, 0.29) is 11.8 Å². The number of rotatable bonds is 3. The number of nitrogens with zero attached hydrogens (tertiary/aromatic N) is 3. The maximum Gasteiger partial charge on any atom is 0.255 e. The largest absolute Gasteiger partial charge is 0.346 e. The second-order valence-corrected chi connectivity index (χ2v) is 7.65. The van der Waals surface area contributed by atoms with E-state index in [0.29, 0.717) is 32.2 Å². The Balaban J connectivity index is 1.69. The van der Waals surface area contributed by atoms with Gasteiger partial charge < -0.3 is 14.4 Å². The summed E-state index contributed by atoms with van der Waals surface area (Å²) in [5, 5.41) is 0. The van der Waals surface area contributed by atoms with Crippen molar-refractivity contribution < 1.29 is 9.59 Å². The van der Waals surface area contributed by atoms with Crippen LogP contribution >= 0.6 is 0 Å². The highest BCUT2D eigenvalue weighted by atomic mass is 16.2. The van der Waals surface area contributed by atoms with Crippen molar-refractivity contribution in [3.63, 3.8) is 0 Å². The van der Waals surface area contributed by atoms with Crippen LogP contribution < -0.4 is 0 Å². The zero-order valence-electron chi connectivity index (χ0n) is 17.0. The van der Waals surface area contributed by atoms with Crippen LogP contribution in [0.2, 0.25) is 0 Å². The number of benzene rings is 1. The molecule has 0 aliphatic carbocycles. The molecule has 27 heavy (non-hydrogen) atoms. The van der Waals surface area contributed by atoms with E-state index in [1.807, 2.05) is 60.9 Å². The van der Waals surface area contributed by atoms with E-state index in [9.17, 15) is 9.59 Å². The molecule has 144 valence electrons. The number of amides is 2. The maximum atomic E-state index is 13.0. The van der Waals surface area contributed by atoms with Crippen molar-refractivity contribution in [2.75, 3.05) is 26.2 Å². The van der Waals surface area contributed by atoms with Crippen LogP contribution in [-0.2, 0) is 0 Å². The highest BCUT2D eigenvalue weighted by Gasteiger charge is 2.28.